The summed E-state index contributed by atoms with van der Waals surface area (Å²) in [5.41, 5.74) is 11.9. The Kier molecular flexibility index (Phi) is 6.54. The molecule has 0 aliphatic rings. The van der Waals surface area contributed by atoms with E-state index in [4.69, 9.17) is 11.5 Å². The van der Waals surface area contributed by atoms with Gasteiger partial charge in [0.1, 0.15) is 5.82 Å². The van der Waals surface area contributed by atoms with Crippen LogP contribution in [-0.2, 0) is 0 Å². The predicted octanol–water partition coefficient (Wildman–Crippen LogP) is 3.69. The van der Waals surface area contributed by atoms with Crippen LogP contribution >= 0.6 is 0 Å². The molecule has 0 fully saturated rings. The highest BCUT2D eigenvalue weighted by Gasteiger charge is 2.28. The molecule has 6 N–H and O–H groups in total. The van der Waals surface area contributed by atoms with Crippen molar-refractivity contribution in [3.63, 3.8) is 0 Å². The molecule has 2 heterocycles. The summed E-state index contributed by atoms with van der Waals surface area (Å²) in [6.07, 6.45) is -4.17. The quantitative estimate of drug-likeness (QED) is 0.400. The Labute approximate surface area is 174 Å². The Morgan fingerprint density at radius 2 is 1.94 bits per heavy atom. The Hall–Kier alpha value is -3.47. The molecule has 0 bridgehead atoms. The topological polar surface area (TPSA) is 119 Å². The second kappa shape index (κ2) is 9.13. The maximum atomic E-state index is 14.5. The lowest BCUT2D eigenvalue weighted by molar-refractivity contribution is -0.135. The number of anilines is 3. The van der Waals surface area contributed by atoms with Crippen molar-refractivity contribution in [1.29, 1.82) is 0 Å². The molecule has 0 saturated carbocycles. The van der Waals surface area contributed by atoms with Gasteiger partial charge in [0, 0.05) is 36.3 Å². The number of hydrogen-bond donors (Lipinski definition) is 4. The smallest absolute Gasteiger partial charge is 0.365 e. The summed E-state index contributed by atoms with van der Waals surface area (Å²) in [5, 5.41) is 6.29. The number of fused-ring (bicyclic) bond motifs is 1. The van der Waals surface area contributed by atoms with Crippen LogP contribution in [0.25, 0.3) is 10.9 Å². The van der Waals surface area contributed by atoms with Gasteiger partial charge in [-0.15, -0.1) is 0 Å². The third-order valence-electron chi connectivity index (χ3n) is 4.51. The number of primary amides is 1. The van der Waals surface area contributed by atoms with Gasteiger partial charge in [-0.1, -0.05) is 6.07 Å². The number of nitrogens with two attached hydrogens (primary N) is 2. The molecule has 0 aliphatic heterocycles. The summed E-state index contributed by atoms with van der Waals surface area (Å²) >= 11 is 0. The molecular weight excluding hydrogens is 416 g/mol. The molecule has 0 saturated heterocycles. The molecule has 0 spiro atoms. The van der Waals surface area contributed by atoms with E-state index < -0.39 is 30.4 Å². The fraction of sp³-hybridized carbons (Fsp3) is 0.250. The minimum absolute atomic E-state index is 0.0498. The van der Waals surface area contributed by atoms with Crippen LogP contribution < -0.4 is 22.1 Å². The summed E-state index contributed by atoms with van der Waals surface area (Å²) in [5.74, 6) is -2.25. The van der Waals surface area contributed by atoms with Gasteiger partial charge in [-0.05, 0) is 36.8 Å². The number of halogens is 4. The second-order valence-electron chi connectivity index (χ2n) is 6.85. The molecule has 3 rings (SSSR count). The first-order chi connectivity index (χ1) is 14.7. The molecular formula is C20H20F4N6O. The summed E-state index contributed by atoms with van der Waals surface area (Å²) in [4.78, 5) is 20.0. The number of amides is 1. The first-order valence-electron chi connectivity index (χ1n) is 9.32. The molecule has 7 nitrogen and oxygen atoms in total. The van der Waals surface area contributed by atoms with E-state index in [1.165, 1.54) is 0 Å². The molecule has 1 amide bonds. The van der Waals surface area contributed by atoms with Crippen LogP contribution in [0.3, 0.4) is 0 Å². The monoisotopic (exact) mass is 436 g/mol. The predicted molar refractivity (Wildman–Crippen MR) is 109 cm³/mol. The van der Waals surface area contributed by atoms with E-state index in [0.717, 1.165) is 17.0 Å². The molecule has 0 radical (unpaired) electrons. The van der Waals surface area contributed by atoms with E-state index in [1.807, 2.05) is 6.07 Å². The van der Waals surface area contributed by atoms with Crippen molar-refractivity contribution in [2.75, 3.05) is 17.2 Å². The molecule has 2 aromatic heterocycles. The fourth-order valence-corrected chi connectivity index (χ4v) is 2.94. The number of nitrogens with zero attached hydrogens (tertiary/aromatic N) is 2. The van der Waals surface area contributed by atoms with E-state index in [0.29, 0.717) is 5.69 Å². The van der Waals surface area contributed by atoms with Gasteiger partial charge in [0.15, 0.2) is 11.6 Å². The molecule has 1 unspecified atom stereocenters. The summed E-state index contributed by atoms with van der Waals surface area (Å²) in [6.45, 7) is -0.171. The first kappa shape index (κ1) is 22.2. The summed E-state index contributed by atoms with van der Waals surface area (Å²) in [6, 6.07) is 8.77. The van der Waals surface area contributed by atoms with Gasteiger partial charge >= 0.3 is 6.18 Å². The third-order valence-corrected chi connectivity index (χ3v) is 4.51. The van der Waals surface area contributed by atoms with Crippen LogP contribution in [0.2, 0.25) is 0 Å². The first-order valence-corrected chi connectivity index (χ1v) is 9.32. The Morgan fingerprint density at radius 3 is 2.61 bits per heavy atom. The van der Waals surface area contributed by atoms with Crippen molar-refractivity contribution in [2.24, 2.45) is 11.5 Å². The standard InChI is InChI=1S/C20H20F4N6O/c21-15-9-14(17(26)31)18(28-12-3-4-16-11(8-12)2-1-7-27-16)30-19(15)29-13(10-25)5-6-20(22,23)24/h1-4,7-9,13H,5-6,10,25H2,(H2,26,31)(H2,28,29,30). The maximum absolute atomic E-state index is 14.5. The zero-order chi connectivity index (χ0) is 22.6. The minimum atomic E-state index is -4.37. The van der Waals surface area contributed by atoms with E-state index >= 15 is 0 Å². The highest BCUT2D eigenvalue weighted by Crippen LogP contribution is 2.27. The fourth-order valence-electron chi connectivity index (χ4n) is 2.94. The number of alkyl halides is 3. The number of aromatic nitrogens is 2. The van der Waals surface area contributed by atoms with E-state index in [9.17, 15) is 22.4 Å². The van der Waals surface area contributed by atoms with Crippen molar-refractivity contribution >= 4 is 34.1 Å². The number of nitrogens with one attached hydrogen (secondary N) is 2. The Bertz CT molecular complexity index is 1090. The van der Waals surface area contributed by atoms with Gasteiger partial charge in [0.2, 0.25) is 0 Å². The lowest BCUT2D eigenvalue weighted by Crippen LogP contribution is -2.31. The van der Waals surface area contributed by atoms with Crippen molar-refractivity contribution in [2.45, 2.75) is 25.1 Å². The molecule has 3 aromatic rings. The zero-order valence-corrected chi connectivity index (χ0v) is 16.2. The van der Waals surface area contributed by atoms with Crippen molar-refractivity contribution in [3.05, 3.63) is 54.0 Å². The SMILES string of the molecule is NCC(CCC(F)(F)F)Nc1nc(Nc2ccc3ncccc3c2)c(C(N)=O)cc1F. The average molecular weight is 436 g/mol. The van der Waals surface area contributed by atoms with Gasteiger partial charge in [-0.25, -0.2) is 9.37 Å². The Morgan fingerprint density at radius 1 is 1.16 bits per heavy atom. The number of benzene rings is 1. The van der Waals surface area contributed by atoms with E-state index in [2.05, 4.69) is 20.6 Å². The lowest BCUT2D eigenvalue weighted by Gasteiger charge is -2.20. The van der Waals surface area contributed by atoms with Crippen LogP contribution in [0.1, 0.15) is 23.2 Å². The van der Waals surface area contributed by atoms with Crippen molar-refractivity contribution in [1.82, 2.24) is 9.97 Å². The largest absolute Gasteiger partial charge is 0.389 e. The van der Waals surface area contributed by atoms with E-state index in [1.54, 1.807) is 30.5 Å². The highest BCUT2D eigenvalue weighted by atomic mass is 19.4. The molecule has 11 heteroatoms. The number of rotatable bonds is 8. The van der Waals surface area contributed by atoms with Gasteiger partial charge in [0.25, 0.3) is 5.91 Å². The van der Waals surface area contributed by atoms with Crippen molar-refractivity contribution < 1.29 is 22.4 Å². The molecule has 164 valence electrons. The molecule has 1 atom stereocenters. The molecule has 31 heavy (non-hydrogen) atoms. The maximum Gasteiger partial charge on any atom is 0.389 e. The number of carbonyl (C=O) groups excluding carboxylic acids is 1. The van der Waals surface area contributed by atoms with Crippen LogP contribution in [0.15, 0.2) is 42.6 Å². The number of hydrogen-bond acceptors (Lipinski definition) is 6. The summed E-state index contributed by atoms with van der Waals surface area (Å²) in [7, 11) is 0. The molecule has 1 aromatic carbocycles. The number of pyridine rings is 2. The second-order valence-corrected chi connectivity index (χ2v) is 6.85. The normalized spacial score (nSPS) is 12.5. The van der Waals surface area contributed by atoms with E-state index in [-0.39, 0.29) is 30.2 Å². The zero-order valence-electron chi connectivity index (χ0n) is 16.2. The average Bonchev–Trinajstić information content (AvgIpc) is 2.72. The van der Waals surface area contributed by atoms with Crippen LogP contribution in [0, 0.1) is 5.82 Å². The van der Waals surface area contributed by atoms with Crippen LogP contribution in [0.4, 0.5) is 34.9 Å². The lowest BCUT2D eigenvalue weighted by atomic mass is 10.1. The minimum Gasteiger partial charge on any atom is -0.365 e. The van der Waals surface area contributed by atoms with Gasteiger partial charge in [-0.2, -0.15) is 13.2 Å². The highest BCUT2D eigenvalue weighted by molar-refractivity contribution is 5.99. The van der Waals surface area contributed by atoms with Crippen LogP contribution in [0.5, 0.6) is 0 Å². The van der Waals surface area contributed by atoms with Gasteiger partial charge in [0.05, 0.1) is 11.1 Å². The van der Waals surface area contributed by atoms with Crippen LogP contribution in [-0.4, -0.2) is 34.6 Å². The Balaban J connectivity index is 1.90. The summed E-state index contributed by atoms with van der Waals surface area (Å²) < 4.78 is 52.0. The molecule has 0 aliphatic carbocycles. The van der Waals surface area contributed by atoms with Gasteiger partial charge in [-0.3, -0.25) is 9.78 Å². The van der Waals surface area contributed by atoms with Gasteiger partial charge < -0.3 is 22.1 Å². The van der Waals surface area contributed by atoms with Crippen molar-refractivity contribution in [3.8, 4) is 0 Å². The third kappa shape index (κ3) is 5.79. The number of carbonyl (C=O) groups is 1.